The third-order valence-electron chi connectivity index (χ3n) is 5.42. The van der Waals surface area contributed by atoms with Gasteiger partial charge in [-0.25, -0.2) is 13.1 Å². The van der Waals surface area contributed by atoms with Crippen LogP contribution in [0.2, 0.25) is 0 Å². The van der Waals surface area contributed by atoms with Gasteiger partial charge >= 0.3 is 0 Å². The SMILES string of the molecule is C[C@@H]1CCC[C@H](C)N1C[C@H](O)CNS(=O)(=O)c1ccc(Oc2ccccc2)cc1. The van der Waals surface area contributed by atoms with Crippen LogP contribution in [0.4, 0.5) is 0 Å². The van der Waals surface area contributed by atoms with Crippen LogP contribution in [0.5, 0.6) is 11.5 Å². The first-order chi connectivity index (χ1) is 13.8. The fourth-order valence-electron chi connectivity index (χ4n) is 3.74. The van der Waals surface area contributed by atoms with Crippen LogP contribution >= 0.6 is 0 Å². The summed E-state index contributed by atoms with van der Waals surface area (Å²) in [6.45, 7) is 4.77. The zero-order chi connectivity index (χ0) is 20.9. The van der Waals surface area contributed by atoms with Gasteiger partial charge in [0.2, 0.25) is 10.0 Å². The van der Waals surface area contributed by atoms with Crippen molar-refractivity contribution < 1.29 is 18.3 Å². The summed E-state index contributed by atoms with van der Waals surface area (Å²) in [6, 6.07) is 16.4. The van der Waals surface area contributed by atoms with Crippen LogP contribution in [-0.2, 0) is 10.0 Å². The Labute approximate surface area is 173 Å². The van der Waals surface area contributed by atoms with Gasteiger partial charge in [0.1, 0.15) is 11.5 Å². The monoisotopic (exact) mass is 418 g/mol. The Morgan fingerprint density at radius 3 is 2.24 bits per heavy atom. The summed E-state index contributed by atoms with van der Waals surface area (Å²) in [5.41, 5.74) is 0. The molecule has 1 fully saturated rings. The summed E-state index contributed by atoms with van der Waals surface area (Å²) in [6.07, 6.45) is 2.67. The van der Waals surface area contributed by atoms with Crippen molar-refractivity contribution in [3.8, 4) is 11.5 Å². The third kappa shape index (κ3) is 6.02. The minimum absolute atomic E-state index is 0.0134. The lowest BCUT2D eigenvalue weighted by molar-refractivity contribution is 0.0438. The van der Waals surface area contributed by atoms with Crippen molar-refractivity contribution in [3.63, 3.8) is 0 Å². The van der Waals surface area contributed by atoms with Crippen LogP contribution in [0, 0.1) is 0 Å². The van der Waals surface area contributed by atoms with Crippen LogP contribution in [0.15, 0.2) is 59.5 Å². The number of rotatable bonds is 8. The van der Waals surface area contributed by atoms with Gasteiger partial charge in [0.25, 0.3) is 0 Å². The average molecular weight is 419 g/mol. The van der Waals surface area contributed by atoms with Crippen molar-refractivity contribution in [3.05, 3.63) is 54.6 Å². The molecule has 29 heavy (non-hydrogen) atoms. The summed E-state index contributed by atoms with van der Waals surface area (Å²) < 4.78 is 33.3. The molecule has 0 spiro atoms. The van der Waals surface area contributed by atoms with Gasteiger partial charge in [-0.3, -0.25) is 4.90 Å². The predicted molar refractivity (Wildman–Crippen MR) is 114 cm³/mol. The highest BCUT2D eigenvalue weighted by Crippen LogP contribution is 2.23. The fraction of sp³-hybridized carbons (Fsp3) is 0.455. The summed E-state index contributed by atoms with van der Waals surface area (Å²) in [5, 5.41) is 10.4. The number of ether oxygens (including phenoxy) is 1. The van der Waals surface area contributed by atoms with Gasteiger partial charge in [0.15, 0.2) is 0 Å². The van der Waals surface area contributed by atoms with E-state index in [1.54, 1.807) is 12.1 Å². The molecule has 2 aromatic carbocycles. The van der Waals surface area contributed by atoms with E-state index < -0.39 is 16.1 Å². The number of piperidine rings is 1. The largest absolute Gasteiger partial charge is 0.457 e. The molecular weight excluding hydrogens is 388 g/mol. The quantitative estimate of drug-likeness (QED) is 0.687. The standard InChI is InChI=1S/C22H30N2O4S/c1-17-7-6-8-18(2)24(17)16-19(25)15-23-29(26,27)22-13-11-21(12-14-22)28-20-9-4-3-5-10-20/h3-5,9-14,17-19,23,25H,6-8,15-16H2,1-2H3/t17-,18+,19-/m1/s1. The van der Waals surface area contributed by atoms with E-state index in [1.807, 2.05) is 30.3 Å². The van der Waals surface area contributed by atoms with E-state index in [2.05, 4.69) is 23.5 Å². The first kappa shape index (κ1) is 21.8. The highest BCUT2D eigenvalue weighted by atomic mass is 32.2. The third-order valence-corrected chi connectivity index (χ3v) is 6.86. The zero-order valence-electron chi connectivity index (χ0n) is 17.0. The first-order valence-corrected chi connectivity index (χ1v) is 11.6. The maximum absolute atomic E-state index is 12.6. The number of aliphatic hydroxyl groups excluding tert-OH is 1. The molecule has 7 heteroatoms. The Morgan fingerprint density at radius 2 is 1.62 bits per heavy atom. The molecule has 1 aliphatic heterocycles. The second-order valence-electron chi connectivity index (χ2n) is 7.72. The van der Waals surface area contributed by atoms with E-state index >= 15 is 0 Å². The molecular formula is C22H30N2O4S. The van der Waals surface area contributed by atoms with E-state index in [0.29, 0.717) is 30.1 Å². The lowest BCUT2D eigenvalue weighted by atomic mass is 9.97. The molecule has 0 saturated carbocycles. The molecule has 1 saturated heterocycles. The number of likely N-dealkylation sites (tertiary alicyclic amines) is 1. The molecule has 158 valence electrons. The Kier molecular flexibility index (Phi) is 7.29. The molecule has 1 heterocycles. The number of hydrogen-bond acceptors (Lipinski definition) is 5. The average Bonchev–Trinajstić information content (AvgIpc) is 2.71. The maximum atomic E-state index is 12.6. The molecule has 6 nitrogen and oxygen atoms in total. The number of sulfonamides is 1. The molecule has 2 aromatic rings. The van der Waals surface area contributed by atoms with Gasteiger partial charge in [-0.15, -0.1) is 0 Å². The Bertz CT molecular complexity index is 861. The highest BCUT2D eigenvalue weighted by molar-refractivity contribution is 7.89. The number of para-hydroxylation sites is 1. The molecule has 0 radical (unpaired) electrons. The van der Waals surface area contributed by atoms with E-state index in [0.717, 1.165) is 12.8 Å². The Balaban J connectivity index is 1.55. The molecule has 0 aromatic heterocycles. The molecule has 3 rings (SSSR count). The molecule has 3 atom stereocenters. The number of nitrogens with zero attached hydrogens (tertiary/aromatic N) is 1. The lowest BCUT2D eigenvalue weighted by Gasteiger charge is -2.40. The van der Waals surface area contributed by atoms with Crippen molar-refractivity contribution in [2.45, 2.75) is 56.2 Å². The summed E-state index contributed by atoms with van der Waals surface area (Å²) >= 11 is 0. The molecule has 1 aliphatic rings. The summed E-state index contributed by atoms with van der Waals surface area (Å²) in [7, 11) is -3.70. The molecule has 0 unspecified atom stereocenters. The van der Waals surface area contributed by atoms with Gasteiger partial charge in [-0.2, -0.15) is 0 Å². The van der Waals surface area contributed by atoms with E-state index in [1.165, 1.54) is 18.6 Å². The summed E-state index contributed by atoms with van der Waals surface area (Å²) in [5.74, 6) is 1.24. The lowest BCUT2D eigenvalue weighted by Crippen LogP contribution is -2.49. The molecule has 0 aliphatic carbocycles. The number of aliphatic hydroxyl groups is 1. The number of nitrogens with one attached hydrogen (secondary N) is 1. The Hall–Kier alpha value is -1.93. The van der Waals surface area contributed by atoms with E-state index in [9.17, 15) is 13.5 Å². The molecule has 0 bridgehead atoms. The second-order valence-corrected chi connectivity index (χ2v) is 9.48. The van der Waals surface area contributed by atoms with Gasteiger partial charge in [-0.05, 0) is 63.1 Å². The number of β-amino-alcohol motifs (C(OH)–C–C–N with tert-alkyl or cyclic N) is 1. The van der Waals surface area contributed by atoms with Crippen LogP contribution in [0.25, 0.3) is 0 Å². The minimum Gasteiger partial charge on any atom is -0.457 e. The number of benzene rings is 2. The summed E-state index contributed by atoms with van der Waals surface area (Å²) in [4.78, 5) is 2.41. The van der Waals surface area contributed by atoms with Crippen molar-refractivity contribution in [1.29, 1.82) is 0 Å². The zero-order valence-corrected chi connectivity index (χ0v) is 17.8. The molecule has 2 N–H and O–H groups in total. The first-order valence-electron chi connectivity index (χ1n) is 10.1. The van der Waals surface area contributed by atoms with E-state index in [-0.39, 0.29) is 11.4 Å². The van der Waals surface area contributed by atoms with Crippen molar-refractivity contribution in [2.75, 3.05) is 13.1 Å². The smallest absolute Gasteiger partial charge is 0.240 e. The van der Waals surface area contributed by atoms with Gasteiger partial charge in [0, 0.05) is 25.2 Å². The van der Waals surface area contributed by atoms with Crippen LogP contribution in [-0.4, -0.2) is 49.7 Å². The van der Waals surface area contributed by atoms with Gasteiger partial charge in [0.05, 0.1) is 11.0 Å². The highest BCUT2D eigenvalue weighted by Gasteiger charge is 2.27. The van der Waals surface area contributed by atoms with Crippen LogP contribution in [0.3, 0.4) is 0 Å². The maximum Gasteiger partial charge on any atom is 0.240 e. The van der Waals surface area contributed by atoms with Crippen molar-refractivity contribution in [1.82, 2.24) is 9.62 Å². The van der Waals surface area contributed by atoms with E-state index in [4.69, 9.17) is 4.74 Å². The second kappa shape index (κ2) is 9.71. The predicted octanol–water partition coefficient (Wildman–Crippen LogP) is 3.38. The minimum atomic E-state index is -3.70. The van der Waals surface area contributed by atoms with Crippen molar-refractivity contribution >= 4 is 10.0 Å². The number of hydrogen-bond donors (Lipinski definition) is 2. The van der Waals surface area contributed by atoms with Crippen LogP contribution < -0.4 is 9.46 Å². The van der Waals surface area contributed by atoms with Crippen LogP contribution in [0.1, 0.15) is 33.1 Å². The molecule has 0 amide bonds. The van der Waals surface area contributed by atoms with Crippen molar-refractivity contribution in [2.24, 2.45) is 0 Å². The topological polar surface area (TPSA) is 78.9 Å². The van der Waals surface area contributed by atoms with Gasteiger partial charge in [-0.1, -0.05) is 24.6 Å². The Morgan fingerprint density at radius 1 is 1.03 bits per heavy atom. The fourth-order valence-corrected chi connectivity index (χ4v) is 4.82. The normalized spacial score (nSPS) is 21.6. The van der Waals surface area contributed by atoms with Gasteiger partial charge < -0.3 is 9.84 Å².